The average Bonchev–Trinajstić information content (AvgIpc) is 2.67. The number of esters is 1. The zero-order chi connectivity index (χ0) is 19.6. The van der Waals surface area contributed by atoms with E-state index in [1.54, 1.807) is 19.1 Å². The second kappa shape index (κ2) is 10.9. The summed E-state index contributed by atoms with van der Waals surface area (Å²) in [6.45, 7) is 6.63. The minimum atomic E-state index is -0.818. The summed E-state index contributed by atoms with van der Waals surface area (Å²) in [5.41, 5.74) is 2.83. The molecule has 0 aliphatic heterocycles. The van der Waals surface area contributed by atoms with E-state index >= 15 is 0 Å². The first-order valence-electron chi connectivity index (χ1n) is 9.83. The van der Waals surface area contributed by atoms with Crippen molar-refractivity contribution in [3.63, 3.8) is 0 Å². The highest BCUT2D eigenvalue weighted by molar-refractivity contribution is 5.92. The molecule has 2 rings (SSSR count). The van der Waals surface area contributed by atoms with E-state index in [1.807, 2.05) is 26.0 Å². The van der Waals surface area contributed by atoms with Gasteiger partial charge in [-0.1, -0.05) is 23.8 Å². The molecule has 0 radical (unpaired) electrons. The molecule has 27 heavy (non-hydrogen) atoms. The largest absolute Gasteiger partial charge is 0.449 e. The molecule has 0 heterocycles. The highest BCUT2D eigenvalue weighted by atomic mass is 16.5. The third-order valence-electron chi connectivity index (χ3n) is 4.56. The Morgan fingerprint density at radius 2 is 1.85 bits per heavy atom. The fourth-order valence-electron chi connectivity index (χ4n) is 2.90. The molecule has 1 N–H and O–H groups in total. The third-order valence-corrected chi connectivity index (χ3v) is 4.56. The molecule has 1 aromatic rings. The van der Waals surface area contributed by atoms with Gasteiger partial charge >= 0.3 is 5.97 Å². The van der Waals surface area contributed by atoms with Crippen LogP contribution in [-0.4, -0.2) is 30.6 Å². The first kappa shape index (κ1) is 21.2. The molecule has 5 nitrogen and oxygen atoms in total. The summed E-state index contributed by atoms with van der Waals surface area (Å²) in [5.74, 6) is -0.759. The fraction of sp³-hybridized carbons (Fsp3) is 0.545. The minimum absolute atomic E-state index is 0.156. The maximum atomic E-state index is 12.2. The molecule has 1 aliphatic rings. The molecule has 1 atom stereocenters. The van der Waals surface area contributed by atoms with Crippen LogP contribution in [0.15, 0.2) is 35.9 Å². The van der Waals surface area contributed by atoms with Crippen molar-refractivity contribution >= 4 is 11.9 Å². The topological polar surface area (TPSA) is 64.6 Å². The van der Waals surface area contributed by atoms with Crippen molar-refractivity contribution < 1.29 is 19.1 Å². The van der Waals surface area contributed by atoms with Crippen LogP contribution in [-0.2, 0) is 20.9 Å². The van der Waals surface area contributed by atoms with Crippen molar-refractivity contribution in [2.45, 2.75) is 71.7 Å². The van der Waals surface area contributed by atoms with Gasteiger partial charge < -0.3 is 14.8 Å². The van der Waals surface area contributed by atoms with Crippen molar-refractivity contribution in [1.29, 1.82) is 0 Å². The summed E-state index contributed by atoms with van der Waals surface area (Å²) in [5, 5.41) is 2.85. The number of allylic oxidation sites excluding steroid dienone is 1. The van der Waals surface area contributed by atoms with Crippen LogP contribution >= 0.6 is 0 Å². The van der Waals surface area contributed by atoms with Crippen LogP contribution in [0.3, 0.4) is 0 Å². The van der Waals surface area contributed by atoms with Gasteiger partial charge in [-0.15, -0.1) is 0 Å². The molecule has 148 valence electrons. The first-order valence-corrected chi connectivity index (χ1v) is 9.83. The normalized spacial score (nSPS) is 15.2. The second-order valence-electron chi connectivity index (χ2n) is 7.25. The number of ether oxygens (including phenoxy) is 2. The Bertz CT molecular complexity index is 649. The van der Waals surface area contributed by atoms with Gasteiger partial charge in [-0.2, -0.15) is 0 Å². The summed E-state index contributed by atoms with van der Waals surface area (Å²) < 4.78 is 10.8. The van der Waals surface area contributed by atoms with E-state index < -0.39 is 12.1 Å². The van der Waals surface area contributed by atoms with E-state index in [0.29, 0.717) is 18.7 Å². The van der Waals surface area contributed by atoms with Gasteiger partial charge in [-0.25, -0.2) is 4.79 Å². The molecule has 0 saturated heterocycles. The van der Waals surface area contributed by atoms with E-state index in [2.05, 4.69) is 11.4 Å². The molecular formula is C22H31NO4. The Labute approximate surface area is 162 Å². The zero-order valence-corrected chi connectivity index (χ0v) is 16.6. The van der Waals surface area contributed by atoms with Crippen LogP contribution in [0.2, 0.25) is 0 Å². The quantitative estimate of drug-likeness (QED) is 0.521. The number of hydrogen-bond donors (Lipinski definition) is 1. The van der Waals surface area contributed by atoms with Crippen LogP contribution in [0.5, 0.6) is 0 Å². The van der Waals surface area contributed by atoms with Crippen molar-refractivity contribution in [3.05, 3.63) is 47.0 Å². The average molecular weight is 373 g/mol. The van der Waals surface area contributed by atoms with Gasteiger partial charge in [0, 0.05) is 6.54 Å². The number of rotatable bonds is 9. The van der Waals surface area contributed by atoms with E-state index in [0.717, 1.165) is 24.8 Å². The molecule has 0 saturated carbocycles. The molecule has 1 aromatic carbocycles. The zero-order valence-electron chi connectivity index (χ0n) is 16.6. The number of carbonyl (C=O) groups is 2. The lowest BCUT2D eigenvalue weighted by Gasteiger charge is -2.16. The maximum Gasteiger partial charge on any atom is 0.338 e. The molecule has 0 unspecified atom stereocenters. The van der Waals surface area contributed by atoms with Crippen LogP contribution < -0.4 is 5.32 Å². The van der Waals surface area contributed by atoms with E-state index in [9.17, 15) is 9.59 Å². The number of hydrogen-bond acceptors (Lipinski definition) is 4. The van der Waals surface area contributed by atoms with Gasteiger partial charge in [0.2, 0.25) is 0 Å². The van der Waals surface area contributed by atoms with Crippen LogP contribution in [0.4, 0.5) is 0 Å². The first-order chi connectivity index (χ1) is 13.0. The van der Waals surface area contributed by atoms with Gasteiger partial charge in [0.15, 0.2) is 6.10 Å². The fourth-order valence-corrected chi connectivity index (χ4v) is 2.90. The van der Waals surface area contributed by atoms with Crippen molar-refractivity contribution in [3.8, 4) is 0 Å². The lowest BCUT2D eigenvalue weighted by Crippen LogP contribution is -2.36. The van der Waals surface area contributed by atoms with Gasteiger partial charge in [0.25, 0.3) is 5.91 Å². The molecule has 0 fully saturated rings. The Balaban J connectivity index is 1.74. The highest BCUT2D eigenvalue weighted by Crippen LogP contribution is 2.19. The van der Waals surface area contributed by atoms with Gasteiger partial charge in [0.1, 0.15) is 0 Å². The van der Waals surface area contributed by atoms with Crippen molar-refractivity contribution in [2.75, 3.05) is 6.54 Å². The predicted molar refractivity (Wildman–Crippen MR) is 105 cm³/mol. The number of carbonyl (C=O) groups excluding carboxylic acids is 2. The molecule has 1 amide bonds. The highest BCUT2D eigenvalue weighted by Gasteiger charge is 2.18. The Morgan fingerprint density at radius 3 is 2.48 bits per heavy atom. The number of nitrogens with one attached hydrogen (secondary N) is 1. The third kappa shape index (κ3) is 7.55. The molecule has 5 heteroatoms. The number of benzene rings is 1. The molecule has 0 spiro atoms. The molecular weight excluding hydrogens is 342 g/mol. The maximum absolute atomic E-state index is 12.2. The summed E-state index contributed by atoms with van der Waals surface area (Å²) in [6, 6.07) is 7.06. The van der Waals surface area contributed by atoms with Crippen LogP contribution in [0.25, 0.3) is 0 Å². The predicted octanol–water partition coefficient (Wildman–Crippen LogP) is 4.16. The standard InChI is InChI=1S/C22H31NO4/c1-16(2)26-15-19-9-11-20(12-10-19)22(25)27-17(3)21(24)23-14-13-18-7-5-4-6-8-18/h7,9-12,16-17H,4-6,8,13-15H2,1-3H3,(H,23,24)/t17-/m0/s1. The Kier molecular flexibility index (Phi) is 8.52. The molecule has 1 aliphatic carbocycles. The van der Waals surface area contributed by atoms with Crippen molar-refractivity contribution in [2.24, 2.45) is 0 Å². The van der Waals surface area contributed by atoms with Crippen LogP contribution in [0.1, 0.15) is 68.8 Å². The summed E-state index contributed by atoms with van der Waals surface area (Å²) in [7, 11) is 0. The van der Waals surface area contributed by atoms with Gasteiger partial charge in [-0.3, -0.25) is 4.79 Å². The molecule has 0 bridgehead atoms. The smallest absolute Gasteiger partial charge is 0.338 e. The van der Waals surface area contributed by atoms with E-state index in [1.165, 1.54) is 18.4 Å². The lowest BCUT2D eigenvalue weighted by atomic mass is 9.97. The summed E-state index contributed by atoms with van der Waals surface area (Å²) >= 11 is 0. The van der Waals surface area contributed by atoms with Gasteiger partial charge in [0.05, 0.1) is 18.3 Å². The Morgan fingerprint density at radius 1 is 1.11 bits per heavy atom. The summed E-state index contributed by atoms with van der Waals surface area (Å²) in [6.07, 6.45) is 7.23. The Hall–Kier alpha value is -2.14. The second-order valence-corrected chi connectivity index (χ2v) is 7.25. The summed E-state index contributed by atoms with van der Waals surface area (Å²) in [4.78, 5) is 24.3. The van der Waals surface area contributed by atoms with Crippen molar-refractivity contribution in [1.82, 2.24) is 5.32 Å². The number of amides is 1. The van der Waals surface area contributed by atoms with Gasteiger partial charge in [-0.05, 0) is 70.6 Å². The molecule has 0 aromatic heterocycles. The van der Waals surface area contributed by atoms with Crippen LogP contribution in [0, 0.1) is 0 Å². The SMILES string of the molecule is CC(C)OCc1ccc(C(=O)O[C@@H](C)C(=O)NCCC2=CCCCC2)cc1. The monoisotopic (exact) mass is 373 g/mol. The van der Waals surface area contributed by atoms with E-state index in [4.69, 9.17) is 9.47 Å². The van der Waals surface area contributed by atoms with E-state index in [-0.39, 0.29) is 12.0 Å². The minimum Gasteiger partial charge on any atom is -0.449 e. The lowest BCUT2D eigenvalue weighted by molar-refractivity contribution is -0.129.